The van der Waals surface area contributed by atoms with Gasteiger partial charge in [-0.05, 0) is 27.7 Å². The van der Waals surface area contributed by atoms with Crippen molar-refractivity contribution in [1.29, 1.82) is 0 Å². The smallest absolute Gasteiger partial charge is 0.241 e. The van der Waals surface area contributed by atoms with E-state index < -0.39 is 0 Å². The van der Waals surface area contributed by atoms with Crippen molar-refractivity contribution in [2.24, 2.45) is 10.4 Å². The summed E-state index contributed by atoms with van der Waals surface area (Å²) in [5.74, 6) is 0.800. The zero-order valence-electron chi connectivity index (χ0n) is 13.5. The van der Waals surface area contributed by atoms with Crippen LogP contribution in [-0.4, -0.2) is 48.5 Å². The number of rotatable bonds is 4. The van der Waals surface area contributed by atoms with E-state index in [1.807, 2.05) is 13.8 Å². The number of amides is 1. The van der Waals surface area contributed by atoms with Gasteiger partial charge in [-0.1, -0.05) is 13.8 Å². The second-order valence-electron chi connectivity index (χ2n) is 6.15. The number of likely N-dealkylation sites (tertiary alicyclic amines) is 1. The van der Waals surface area contributed by atoms with Gasteiger partial charge >= 0.3 is 0 Å². The molecule has 1 aliphatic rings. The maximum Gasteiger partial charge on any atom is 0.241 e. The Morgan fingerprint density at radius 2 is 1.70 bits per heavy atom. The van der Waals surface area contributed by atoms with Gasteiger partial charge in [-0.3, -0.25) is 4.79 Å². The van der Waals surface area contributed by atoms with Gasteiger partial charge in [-0.15, -0.1) is 24.0 Å². The molecule has 0 aromatic carbocycles. The molecule has 0 atom stereocenters. The highest BCUT2D eigenvalue weighted by atomic mass is 127. The first-order valence-electron chi connectivity index (χ1n) is 7.09. The number of carbonyl (C=O) groups is 1. The van der Waals surface area contributed by atoms with Crippen LogP contribution in [0.5, 0.6) is 0 Å². The van der Waals surface area contributed by atoms with Gasteiger partial charge in [0.1, 0.15) is 6.54 Å². The van der Waals surface area contributed by atoms with Crippen LogP contribution in [0, 0.1) is 5.41 Å². The first-order valence-corrected chi connectivity index (χ1v) is 7.09. The number of aliphatic imine (C=N–C) groups is 1. The molecule has 1 fully saturated rings. The Hall–Kier alpha value is -0.530. The lowest BCUT2D eigenvalue weighted by atomic mass is 9.65. The molecule has 0 aliphatic carbocycles. The van der Waals surface area contributed by atoms with Crippen LogP contribution in [-0.2, 0) is 4.79 Å². The summed E-state index contributed by atoms with van der Waals surface area (Å²) in [5.41, 5.74) is 0.310. The summed E-state index contributed by atoms with van der Waals surface area (Å²) in [5, 5.41) is 6.03. The summed E-state index contributed by atoms with van der Waals surface area (Å²) >= 11 is 0. The fourth-order valence-electron chi connectivity index (χ4n) is 2.19. The summed E-state index contributed by atoms with van der Waals surface area (Å²) in [6, 6.07) is 0. The number of nitrogens with one attached hydrogen (secondary N) is 2. The minimum Gasteiger partial charge on any atom is -0.356 e. The third-order valence-corrected chi connectivity index (χ3v) is 4.22. The standard InChI is InChI=1S/C14H28N4O.HI/c1-7-15-11(19)9-17-12(16-8-2)18-10-13(3,4)14(18,5)6;/h7-10H2,1-6H3,(H,15,19)(H,16,17);1H. The maximum absolute atomic E-state index is 11.5. The maximum atomic E-state index is 11.5. The number of guanidine groups is 1. The summed E-state index contributed by atoms with van der Waals surface area (Å²) in [4.78, 5) is 18.2. The average Bonchev–Trinajstić information content (AvgIpc) is 2.32. The Labute approximate surface area is 140 Å². The van der Waals surface area contributed by atoms with Gasteiger partial charge in [0.2, 0.25) is 5.91 Å². The number of hydrogen-bond acceptors (Lipinski definition) is 2. The van der Waals surface area contributed by atoms with Crippen molar-refractivity contribution in [3.05, 3.63) is 0 Å². The highest BCUT2D eigenvalue weighted by Crippen LogP contribution is 2.46. The third kappa shape index (κ3) is 3.99. The molecule has 1 heterocycles. The van der Waals surface area contributed by atoms with Crippen molar-refractivity contribution in [1.82, 2.24) is 15.5 Å². The molecule has 20 heavy (non-hydrogen) atoms. The van der Waals surface area contributed by atoms with E-state index in [1.165, 1.54) is 0 Å². The van der Waals surface area contributed by atoms with Crippen LogP contribution in [0.3, 0.4) is 0 Å². The van der Waals surface area contributed by atoms with E-state index in [-0.39, 0.29) is 47.4 Å². The Morgan fingerprint density at radius 1 is 1.15 bits per heavy atom. The average molecular weight is 396 g/mol. The van der Waals surface area contributed by atoms with Gasteiger partial charge in [0, 0.05) is 30.6 Å². The third-order valence-electron chi connectivity index (χ3n) is 4.22. The van der Waals surface area contributed by atoms with Crippen molar-refractivity contribution < 1.29 is 4.79 Å². The van der Waals surface area contributed by atoms with Gasteiger partial charge in [0.05, 0.1) is 0 Å². The second-order valence-corrected chi connectivity index (χ2v) is 6.15. The first kappa shape index (κ1) is 19.5. The van der Waals surface area contributed by atoms with Crippen LogP contribution in [0.2, 0.25) is 0 Å². The minimum atomic E-state index is -0.0320. The molecule has 0 bridgehead atoms. The van der Waals surface area contributed by atoms with Gasteiger partial charge in [-0.25, -0.2) is 4.99 Å². The molecule has 0 saturated carbocycles. The molecule has 0 spiro atoms. The summed E-state index contributed by atoms with van der Waals surface area (Å²) in [6.07, 6.45) is 0. The zero-order valence-corrected chi connectivity index (χ0v) is 15.9. The molecular formula is C14H29IN4O. The number of likely N-dealkylation sites (N-methyl/N-ethyl adjacent to an activating group) is 1. The molecular weight excluding hydrogens is 367 g/mol. The van der Waals surface area contributed by atoms with Crippen LogP contribution in [0.4, 0.5) is 0 Å². The monoisotopic (exact) mass is 396 g/mol. The van der Waals surface area contributed by atoms with Crippen LogP contribution in [0.1, 0.15) is 41.5 Å². The van der Waals surface area contributed by atoms with Crippen molar-refractivity contribution in [3.63, 3.8) is 0 Å². The molecule has 0 aromatic rings. The van der Waals surface area contributed by atoms with E-state index in [4.69, 9.17) is 0 Å². The second kappa shape index (κ2) is 7.47. The lowest BCUT2D eigenvalue weighted by Crippen LogP contribution is -2.72. The van der Waals surface area contributed by atoms with Gasteiger partial charge in [-0.2, -0.15) is 0 Å². The summed E-state index contributed by atoms with van der Waals surface area (Å²) < 4.78 is 0. The fraction of sp³-hybridized carbons (Fsp3) is 0.857. The number of nitrogens with zero attached hydrogens (tertiary/aromatic N) is 2. The SMILES string of the molecule is CCNC(=O)CN=C(NCC)N1CC(C)(C)C1(C)C.I. The van der Waals surface area contributed by atoms with Crippen molar-refractivity contribution in [3.8, 4) is 0 Å². The zero-order chi connectivity index (χ0) is 14.7. The predicted molar refractivity (Wildman–Crippen MR) is 94.6 cm³/mol. The fourth-order valence-corrected chi connectivity index (χ4v) is 2.19. The molecule has 1 rings (SSSR count). The lowest BCUT2D eigenvalue weighted by Gasteiger charge is -2.62. The molecule has 1 aliphatic heterocycles. The highest BCUT2D eigenvalue weighted by molar-refractivity contribution is 14.0. The topological polar surface area (TPSA) is 56.7 Å². The predicted octanol–water partition coefficient (Wildman–Crippen LogP) is 1.83. The van der Waals surface area contributed by atoms with Crippen LogP contribution >= 0.6 is 24.0 Å². The molecule has 0 radical (unpaired) electrons. The Morgan fingerprint density at radius 3 is 2.10 bits per heavy atom. The summed E-state index contributed by atoms with van der Waals surface area (Å²) in [6.45, 7) is 15.5. The summed E-state index contributed by atoms with van der Waals surface area (Å²) in [7, 11) is 0. The van der Waals surface area contributed by atoms with E-state index in [0.717, 1.165) is 19.0 Å². The minimum absolute atomic E-state index is 0. The van der Waals surface area contributed by atoms with Crippen LogP contribution < -0.4 is 10.6 Å². The van der Waals surface area contributed by atoms with Crippen molar-refractivity contribution in [2.45, 2.75) is 47.1 Å². The molecule has 6 heteroatoms. The van der Waals surface area contributed by atoms with Crippen LogP contribution in [0.25, 0.3) is 0 Å². The molecule has 0 unspecified atom stereocenters. The molecule has 0 aromatic heterocycles. The van der Waals surface area contributed by atoms with E-state index in [0.29, 0.717) is 6.54 Å². The lowest BCUT2D eigenvalue weighted by molar-refractivity contribution is -0.119. The van der Waals surface area contributed by atoms with Crippen LogP contribution in [0.15, 0.2) is 4.99 Å². The Bertz CT molecular complexity index is 366. The largest absolute Gasteiger partial charge is 0.356 e. The van der Waals surface area contributed by atoms with Gasteiger partial charge in [0.25, 0.3) is 0 Å². The normalized spacial score (nSPS) is 19.7. The molecule has 1 amide bonds. The highest BCUT2D eigenvalue weighted by Gasteiger charge is 2.53. The first-order chi connectivity index (χ1) is 8.76. The van der Waals surface area contributed by atoms with Gasteiger partial charge < -0.3 is 15.5 Å². The number of carbonyl (C=O) groups excluding carboxylic acids is 1. The molecule has 2 N–H and O–H groups in total. The van der Waals surface area contributed by atoms with E-state index >= 15 is 0 Å². The number of halogens is 1. The van der Waals surface area contributed by atoms with E-state index in [2.05, 4.69) is 48.2 Å². The molecule has 118 valence electrons. The van der Waals surface area contributed by atoms with Gasteiger partial charge in [0.15, 0.2) is 5.96 Å². The Kier molecular flexibility index (Phi) is 7.27. The molecule has 5 nitrogen and oxygen atoms in total. The van der Waals surface area contributed by atoms with E-state index in [1.54, 1.807) is 0 Å². The van der Waals surface area contributed by atoms with Crippen molar-refractivity contribution >= 4 is 35.8 Å². The quantitative estimate of drug-likeness (QED) is 0.433. The number of hydrogen-bond donors (Lipinski definition) is 2. The Balaban J connectivity index is 0.00000361. The van der Waals surface area contributed by atoms with Crippen molar-refractivity contribution in [2.75, 3.05) is 26.2 Å². The van der Waals surface area contributed by atoms with E-state index in [9.17, 15) is 4.79 Å². The molecule has 1 saturated heterocycles.